The lowest BCUT2D eigenvalue weighted by Gasteiger charge is -2.19. The Morgan fingerprint density at radius 1 is 1.33 bits per heavy atom. The summed E-state index contributed by atoms with van der Waals surface area (Å²) in [5.74, 6) is 0. The van der Waals surface area contributed by atoms with Crippen molar-refractivity contribution in [1.29, 1.82) is 0 Å². The van der Waals surface area contributed by atoms with Gasteiger partial charge in [-0.25, -0.2) is 0 Å². The Morgan fingerprint density at radius 3 is 2.71 bits per heavy atom. The molecule has 2 rings (SSSR count). The predicted molar refractivity (Wildman–Crippen MR) is 89.0 cm³/mol. The zero-order valence-electron chi connectivity index (χ0n) is 12.5. The first-order chi connectivity index (χ1) is 10.0. The van der Waals surface area contributed by atoms with Crippen LogP contribution in [0.1, 0.15) is 19.3 Å². The minimum atomic E-state index is -3.49. The Kier molecular flexibility index (Phi) is 5.92. The SMILES string of the molecule is CSc1ccccc1NS(=O)(=O)N(C)CCCNC1CC1. The summed E-state index contributed by atoms with van der Waals surface area (Å²) in [5, 5.41) is 3.39. The number of nitrogens with one attached hydrogen (secondary N) is 2. The zero-order chi connectivity index (χ0) is 15.3. The lowest BCUT2D eigenvalue weighted by molar-refractivity contribution is 0.457. The maximum absolute atomic E-state index is 12.3. The van der Waals surface area contributed by atoms with Crippen LogP contribution in [0.2, 0.25) is 0 Å². The van der Waals surface area contributed by atoms with Crippen LogP contribution in [-0.2, 0) is 10.2 Å². The Balaban J connectivity index is 1.86. The maximum atomic E-state index is 12.3. The van der Waals surface area contributed by atoms with Crippen molar-refractivity contribution in [1.82, 2.24) is 9.62 Å². The molecule has 1 aromatic carbocycles. The van der Waals surface area contributed by atoms with Gasteiger partial charge in [0.1, 0.15) is 0 Å². The van der Waals surface area contributed by atoms with Gasteiger partial charge in [-0.3, -0.25) is 4.72 Å². The third kappa shape index (κ3) is 5.18. The molecule has 0 heterocycles. The molecule has 1 saturated carbocycles. The fourth-order valence-electron chi connectivity index (χ4n) is 1.96. The van der Waals surface area contributed by atoms with Gasteiger partial charge in [-0.2, -0.15) is 12.7 Å². The second-order valence-electron chi connectivity index (χ2n) is 5.21. The normalized spacial score (nSPS) is 15.4. The van der Waals surface area contributed by atoms with Gasteiger partial charge in [-0.1, -0.05) is 12.1 Å². The minimum Gasteiger partial charge on any atom is -0.314 e. The van der Waals surface area contributed by atoms with Gasteiger partial charge in [-0.05, 0) is 44.2 Å². The van der Waals surface area contributed by atoms with Crippen LogP contribution in [0.25, 0.3) is 0 Å². The predicted octanol–water partition coefficient (Wildman–Crippen LogP) is 2.14. The number of nitrogens with zero attached hydrogens (tertiary/aromatic N) is 1. The van der Waals surface area contributed by atoms with Crippen LogP contribution >= 0.6 is 11.8 Å². The first-order valence-electron chi connectivity index (χ1n) is 7.13. The fourth-order valence-corrected chi connectivity index (χ4v) is 3.56. The summed E-state index contributed by atoms with van der Waals surface area (Å²) in [6.45, 7) is 1.38. The number of anilines is 1. The molecule has 21 heavy (non-hydrogen) atoms. The van der Waals surface area contributed by atoms with Crippen LogP contribution in [0.4, 0.5) is 5.69 Å². The fraction of sp³-hybridized carbons (Fsp3) is 0.571. The van der Waals surface area contributed by atoms with Gasteiger partial charge >= 0.3 is 10.2 Å². The molecule has 1 fully saturated rings. The highest BCUT2D eigenvalue weighted by Crippen LogP contribution is 2.25. The van der Waals surface area contributed by atoms with Gasteiger partial charge in [0.05, 0.1) is 5.69 Å². The highest BCUT2D eigenvalue weighted by Gasteiger charge is 2.21. The molecule has 118 valence electrons. The van der Waals surface area contributed by atoms with Crippen molar-refractivity contribution in [3.05, 3.63) is 24.3 Å². The van der Waals surface area contributed by atoms with Crippen LogP contribution in [0.15, 0.2) is 29.2 Å². The average Bonchev–Trinajstić information content (AvgIpc) is 3.27. The highest BCUT2D eigenvalue weighted by molar-refractivity contribution is 7.98. The molecule has 0 saturated heterocycles. The number of benzene rings is 1. The van der Waals surface area contributed by atoms with E-state index in [0.29, 0.717) is 18.3 Å². The summed E-state index contributed by atoms with van der Waals surface area (Å²) < 4.78 is 28.6. The standard InChI is InChI=1S/C14H23N3O2S2/c1-17(11-5-10-15-12-8-9-12)21(18,19)16-13-6-3-4-7-14(13)20-2/h3-4,6-7,12,15-16H,5,8-11H2,1-2H3. The summed E-state index contributed by atoms with van der Waals surface area (Å²) in [4.78, 5) is 0.921. The van der Waals surface area contributed by atoms with E-state index in [-0.39, 0.29) is 0 Å². The molecule has 0 atom stereocenters. The van der Waals surface area contributed by atoms with E-state index in [0.717, 1.165) is 17.9 Å². The quantitative estimate of drug-likeness (QED) is 0.538. The molecule has 0 radical (unpaired) electrons. The molecule has 0 bridgehead atoms. The molecule has 0 amide bonds. The van der Waals surface area contributed by atoms with Gasteiger partial charge in [0.2, 0.25) is 0 Å². The molecule has 1 aliphatic carbocycles. The number of hydrogen-bond acceptors (Lipinski definition) is 4. The van der Waals surface area contributed by atoms with Gasteiger partial charge < -0.3 is 5.32 Å². The summed E-state index contributed by atoms with van der Waals surface area (Å²) in [7, 11) is -1.88. The Hall–Kier alpha value is -0.760. The molecule has 2 N–H and O–H groups in total. The maximum Gasteiger partial charge on any atom is 0.301 e. The van der Waals surface area contributed by atoms with E-state index in [1.54, 1.807) is 13.1 Å². The van der Waals surface area contributed by atoms with Crippen molar-refractivity contribution < 1.29 is 8.42 Å². The average molecular weight is 329 g/mol. The van der Waals surface area contributed by atoms with Crippen molar-refractivity contribution in [2.24, 2.45) is 0 Å². The molecule has 0 aliphatic heterocycles. The third-order valence-corrected chi connectivity index (χ3v) is 5.69. The summed E-state index contributed by atoms with van der Waals surface area (Å²) in [5.41, 5.74) is 0.632. The second-order valence-corrected chi connectivity index (χ2v) is 7.84. The van der Waals surface area contributed by atoms with Gasteiger partial charge in [0, 0.05) is 24.5 Å². The number of hydrogen-bond donors (Lipinski definition) is 2. The van der Waals surface area contributed by atoms with Crippen molar-refractivity contribution in [2.45, 2.75) is 30.2 Å². The monoisotopic (exact) mass is 329 g/mol. The molecular weight excluding hydrogens is 306 g/mol. The number of para-hydroxylation sites is 1. The molecule has 0 unspecified atom stereocenters. The Morgan fingerprint density at radius 2 is 2.05 bits per heavy atom. The topological polar surface area (TPSA) is 61.4 Å². The molecule has 0 aromatic heterocycles. The summed E-state index contributed by atoms with van der Waals surface area (Å²) in [6.07, 6.45) is 5.25. The number of thioether (sulfide) groups is 1. The zero-order valence-corrected chi connectivity index (χ0v) is 14.1. The first kappa shape index (κ1) is 16.6. The van der Waals surface area contributed by atoms with E-state index in [4.69, 9.17) is 0 Å². The molecule has 1 aliphatic rings. The van der Waals surface area contributed by atoms with Crippen molar-refractivity contribution in [2.75, 3.05) is 31.1 Å². The molecule has 0 spiro atoms. The molecule has 7 heteroatoms. The smallest absolute Gasteiger partial charge is 0.301 e. The summed E-state index contributed by atoms with van der Waals surface area (Å²) >= 11 is 1.52. The highest BCUT2D eigenvalue weighted by atomic mass is 32.2. The van der Waals surface area contributed by atoms with E-state index in [2.05, 4.69) is 10.0 Å². The van der Waals surface area contributed by atoms with Gasteiger partial charge in [0.15, 0.2) is 0 Å². The van der Waals surface area contributed by atoms with Crippen molar-refractivity contribution in [3.8, 4) is 0 Å². The van der Waals surface area contributed by atoms with Crippen LogP contribution in [0.5, 0.6) is 0 Å². The lowest BCUT2D eigenvalue weighted by Crippen LogP contribution is -2.34. The molecule has 1 aromatic rings. The first-order valence-corrected chi connectivity index (χ1v) is 9.80. The van der Waals surface area contributed by atoms with E-state index in [1.807, 2.05) is 24.5 Å². The van der Waals surface area contributed by atoms with Crippen molar-refractivity contribution >= 4 is 27.7 Å². The largest absolute Gasteiger partial charge is 0.314 e. The van der Waals surface area contributed by atoms with Gasteiger partial charge in [0.25, 0.3) is 0 Å². The van der Waals surface area contributed by atoms with Crippen LogP contribution in [0, 0.1) is 0 Å². The van der Waals surface area contributed by atoms with Gasteiger partial charge in [-0.15, -0.1) is 11.8 Å². The van der Waals surface area contributed by atoms with Crippen LogP contribution < -0.4 is 10.0 Å². The van der Waals surface area contributed by atoms with E-state index in [1.165, 1.54) is 28.9 Å². The number of rotatable bonds is 9. The summed E-state index contributed by atoms with van der Waals surface area (Å²) in [6, 6.07) is 8.08. The Bertz CT molecular complexity index is 559. The van der Waals surface area contributed by atoms with Crippen LogP contribution in [-0.4, -0.2) is 45.2 Å². The third-order valence-electron chi connectivity index (χ3n) is 3.42. The van der Waals surface area contributed by atoms with Crippen molar-refractivity contribution in [3.63, 3.8) is 0 Å². The Labute approximate surface area is 131 Å². The minimum absolute atomic E-state index is 0.510. The van der Waals surface area contributed by atoms with E-state index < -0.39 is 10.2 Å². The molecule has 5 nitrogen and oxygen atoms in total. The molecular formula is C14H23N3O2S2. The lowest BCUT2D eigenvalue weighted by atomic mass is 10.3. The second kappa shape index (κ2) is 7.49. The van der Waals surface area contributed by atoms with Crippen LogP contribution in [0.3, 0.4) is 0 Å². The van der Waals surface area contributed by atoms with E-state index >= 15 is 0 Å². The van der Waals surface area contributed by atoms with E-state index in [9.17, 15) is 8.42 Å².